The van der Waals surface area contributed by atoms with Gasteiger partial charge < -0.3 is 30.3 Å². The van der Waals surface area contributed by atoms with Crippen molar-refractivity contribution < 1.29 is 17.1 Å². The van der Waals surface area contributed by atoms with Gasteiger partial charge >= 0.3 is 0 Å². The molecule has 4 bridgehead atoms. The van der Waals surface area contributed by atoms with Gasteiger partial charge in [0.1, 0.15) is 0 Å². The van der Waals surface area contributed by atoms with E-state index in [1.165, 1.54) is 54.4 Å². The molecule has 5 heteroatoms. The molecule has 0 N–H and O–H groups in total. The molecule has 2 aromatic heterocycles. The Morgan fingerprint density at radius 2 is 1.13 bits per heavy atom. The molecule has 11 rings (SSSR count). The van der Waals surface area contributed by atoms with Crippen molar-refractivity contribution in [1.29, 1.82) is 0 Å². The number of nitrogens with zero attached hydrogens (tertiary/aromatic N) is 2. The summed E-state index contributed by atoms with van der Waals surface area (Å²) in [4.78, 5) is 10.9. The first kappa shape index (κ1) is 38.4. The van der Waals surface area contributed by atoms with Crippen LogP contribution in [0, 0.1) is 23.7 Å². The molecule has 2 nitrogen and oxygen atoms in total. The summed E-state index contributed by atoms with van der Waals surface area (Å²) in [6.45, 7) is 7.65. The molecule has 2 unspecified atom stereocenters. The SMILES string of the molecule is CC(C)(C)P(C[c-]1cc(-c2ccccc2)cc1C(P)(c1ccc2ccccc2n1)c1ccc2ccccc2n1)C1C2CC3CC(C2)CC1C3.[Fe].[cH-]1[cH-][cH-][cH-][cH-]1. The minimum absolute atomic E-state index is 0. The van der Waals surface area contributed by atoms with Gasteiger partial charge in [0.2, 0.25) is 0 Å². The van der Waals surface area contributed by atoms with E-state index in [0.717, 1.165) is 68.7 Å². The molecule has 0 spiro atoms. The van der Waals surface area contributed by atoms with Crippen LogP contribution in [0.4, 0.5) is 0 Å². The minimum atomic E-state index is -0.626. The summed E-state index contributed by atoms with van der Waals surface area (Å²) in [6, 6.07) is 52.0. The van der Waals surface area contributed by atoms with Gasteiger partial charge in [-0.1, -0.05) is 111 Å². The number of hydrogen-bond acceptors (Lipinski definition) is 2. The van der Waals surface area contributed by atoms with Gasteiger partial charge in [0.25, 0.3) is 0 Å². The summed E-state index contributed by atoms with van der Waals surface area (Å²) in [5, 5.41) is 1.97. The first-order valence-electron chi connectivity index (χ1n) is 20.0. The standard InChI is InChI=1S/C45H47N2P2.C5H5.Fe/c1-44(2,3)49(43-35-22-29-21-30(24-35)25-36(43)23-29)28-37-26-34(31-11-5-4-6-12-31)27-38(37)45(48,41-19-17-32-13-7-9-15-39(32)46-41)42-20-18-33-14-8-10-16-40(33)47-42;1-2-4-5-3-1;/h4-20,26-27,29-30,35-36,43H,21-25,28,48H2,1-3H3;1-5H;/q-1;-5;. The van der Waals surface area contributed by atoms with Crippen LogP contribution >= 0.6 is 17.2 Å². The summed E-state index contributed by atoms with van der Waals surface area (Å²) in [6.07, 6.45) is 8.56. The average Bonchev–Trinajstić information content (AvgIpc) is 3.91. The molecular weight excluding hydrogens is 746 g/mol. The van der Waals surface area contributed by atoms with Crippen molar-refractivity contribution in [3.8, 4) is 11.1 Å². The van der Waals surface area contributed by atoms with Gasteiger partial charge in [-0.05, 0) is 90.9 Å². The Labute approximate surface area is 342 Å². The number of fused-ring (bicyclic) bond motifs is 2. The Hall–Kier alpha value is -3.44. The number of para-hydroxylation sites is 2. The summed E-state index contributed by atoms with van der Waals surface area (Å²) in [5.41, 5.74) is 10.4. The molecule has 0 amide bonds. The Kier molecular flexibility index (Phi) is 11.1. The normalized spacial score (nSPS) is 22.2. The van der Waals surface area contributed by atoms with E-state index in [1.54, 1.807) is 0 Å². The van der Waals surface area contributed by atoms with Gasteiger partial charge in [0.15, 0.2) is 0 Å². The van der Waals surface area contributed by atoms with Gasteiger partial charge in [-0.2, -0.15) is 11.6 Å². The van der Waals surface area contributed by atoms with Gasteiger partial charge in [0, 0.05) is 27.8 Å². The monoisotopic (exact) mass is 798 g/mol. The van der Waals surface area contributed by atoms with E-state index in [9.17, 15) is 0 Å². The maximum Gasteiger partial charge on any atom is 0.0710 e. The fourth-order valence-corrected chi connectivity index (χ4v) is 14.8. The number of pyridine rings is 2. The molecule has 4 fully saturated rings. The summed E-state index contributed by atoms with van der Waals surface area (Å²) in [7, 11) is 3.04. The fraction of sp³-hybridized carbons (Fsp3) is 0.320. The second-order valence-electron chi connectivity index (χ2n) is 17.3. The van der Waals surface area contributed by atoms with Crippen molar-refractivity contribution in [2.45, 2.75) is 75.0 Å². The van der Waals surface area contributed by atoms with E-state index in [0.29, 0.717) is 0 Å². The Morgan fingerprint density at radius 3 is 1.64 bits per heavy atom. The van der Waals surface area contributed by atoms with Gasteiger partial charge in [-0.25, -0.2) is 6.07 Å². The zero-order valence-corrected chi connectivity index (χ0v) is 35.4. The number of hydrogen-bond donors (Lipinski definition) is 0. The van der Waals surface area contributed by atoms with Crippen molar-refractivity contribution in [1.82, 2.24) is 9.97 Å². The smallest absolute Gasteiger partial charge is 0.0710 e. The van der Waals surface area contributed by atoms with Gasteiger partial charge in [0.05, 0.1) is 27.6 Å². The first-order valence-corrected chi connectivity index (χ1v) is 22.2. The molecule has 2 heterocycles. The summed E-state index contributed by atoms with van der Waals surface area (Å²) < 4.78 is 0. The van der Waals surface area contributed by atoms with Crippen LogP contribution in [0.2, 0.25) is 0 Å². The summed E-state index contributed by atoms with van der Waals surface area (Å²) in [5.74, 6) is 3.82. The largest absolute Gasteiger partial charge is 0.748 e. The van der Waals surface area contributed by atoms with Crippen LogP contribution in [0.15, 0.2) is 146 Å². The van der Waals surface area contributed by atoms with E-state index in [2.05, 4.69) is 145 Å². The topological polar surface area (TPSA) is 25.8 Å². The third kappa shape index (κ3) is 7.56. The zero-order valence-electron chi connectivity index (χ0n) is 32.3. The predicted molar refractivity (Wildman–Crippen MR) is 234 cm³/mol. The molecule has 2 atom stereocenters. The molecule has 0 saturated heterocycles. The van der Waals surface area contributed by atoms with Crippen LogP contribution in [0.5, 0.6) is 0 Å². The minimum Gasteiger partial charge on any atom is -0.748 e. The molecular formula is C50H52FeN2P2-6. The zero-order chi connectivity index (χ0) is 36.9. The molecule has 0 aliphatic heterocycles. The van der Waals surface area contributed by atoms with Crippen LogP contribution in [-0.2, 0) is 28.4 Å². The quantitative estimate of drug-likeness (QED) is 0.0912. The first-order chi connectivity index (χ1) is 26.2. The number of rotatable bonds is 7. The Bertz CT molecular complexity index is 2230. The van der Waals surface area contributed by atoms with Crippen molar-refractivity contribution in [3.63, 3.8) is 0 Å². The molecule has 7 aromatic rings. The average molecular weight is 799 g/mol. The van der Waals surface area contributed by atoms with Crippen molar-refractivity contribution in [2.24, 2.45) is 23.7 Å². The molecule has 55 heavy (non-hydrogen) atoms. The second kappa shape index (κ2) is 15.8. The van der Waals surface area contributed by atoms with E-state index in [-0.39, 0.29) is 30.1 Å². The fourth-order valence-electron chi connectivity index (χ4n) is 10.5. The molecule has 0 radical (unpaired) electrons. The number of aromatic nitrogens is 2. The molecule has 4 aliphatic rings. The van der Waals surface area contributed by atoms with Crippen LogP contribution in [0.1, 0.15) is 75.4 Å². The molecule has 4 saturated carbocycles. The van der Waals surface area contributed by atoms with E-state index in [1.807, 2.05) is 30.3 Å². The maximum atomic E-state index is 5.43. The van der Waals surface area contributed by atoms with Crippen LogP contribution in [-0.4, -0.2) is 20.8 Å². The molecule has 4 aliphatic carbocycles. The molecule has 286 valence electrons. The summed E-state index contributed by atoms with van der Waals surface area (Å²) >= 11 is 0. The third-order valence-electron chi connectivity index (χ3n) is 12.8. The van der Waals surface area contributed by atoms with Crippen molar-refractivity contribution in [3.05, 3.63) is 168 Å². The van der Waals surface area contributed by atoms with E-state index < -0.39 is 5.16 Å². The maximum absolute atomic E-state index is 5.43. The molecule has 5 aromatic carbocycles. The van der Waals surface area contributed by atoms with Crippen LogP contribution in [0.3, 0.4) is 0 Å². The van der Waals surface area contributed by atoms with Crippen molar-refractivity contribution >= 4 is 39.0 Å². The third-order valence-corrected chi connectivity index (χ3v) is 17.7. The van der Waals surface area contributed by atoms with Crippen molar-refractivity contribution in [2.75, 3.05) is 0 Å². The predicted octanol–water partition coefficient (Wildman–Crippen LogP) is 13.3. The van der Waals surface area contributed by atoms with Crippen LogP contribution in [0.25, 0.3) is 32.9 Å². The second-order valence-corrected chi connectivity index (χ2v) is 21.4. The van der Waals surface area contributed by atoms with Crippen LogP contribution < -0.4 is 0 Å². The Morgan fingerprint density at radius 1 is 0.636 bits per heavy atom. The number of benzene rings is 3. The van der Waals surface area contributed by atoms with Gasteiger partial charge in [-0.3, -0.25) is 9.97 Å². The van der Waals surface area contributed by atoms with E-state index >= 15 is 0 Å². The van der Waals surface area contributed by atoms with Gasteiger partial charge in [-0.15, -0.1) is 28.3 Å². The van der Waals surface area contributed by atoms with E-state index in [4.69, 9.17) is 9.97 Å². The Balaban J connectivity index is 0.000000661.